The zero-order valence-electron chi connectivity index (χ0n) is 13.1. The van der Waals surface area contributed by atoms with Crippen molar-refractivity contribution < 1.29 is 18.7 Å². The molecule has 0 heterocycles. The molecule has 2 aromatic rings. The molecule has 2 N–H and O–H groups in total. The number of carbonyl (C=O) groups is 1. The van der Waals surface area contributed by atoms with E-state index in [1.165, 1.54) is 12.1 Å². The molecule has 0 unspecified atom stereocenters. The molecule has 6 heteroatoms. The van der Waals surface area contributed by atoms with Gasteiger partial charge in [-0.3, -0.25) is 0 Å². The maximum absolute atomic E-state index is 12.8. The lowest BCUT2D eigenvalue weighted by molar-refractivity contribution is 0.240. The first kappa shape index (κ1) is 16.6. The van der Waals surface area contributed by atoms with Gasteiger partial charge in [-0.05, 0) is 35.4 Å². The van der Waals surface area contributed by atoms with Crippen molar-refractivity contribution in [3.8, 4) is 11.5 Å². The fourth-order valence-electron chi connectivity index (χ4n) is 2.02. The van der Waals surface area contributed by atoms with Gasteiger partial charge in [0.15, 0.2) is 11.5 Å². The highest BCUT2D eigenvalue weighted by Gasteiger charge is 2.06. The fraction of sp³-hybridized carbons (Fsp3) is 0.235. The average molecular weight is 318 g/mol. The van der Waals surface area contributed by atoms with Crippen LogP contribution in [0.5, 0.6) is 11.5 Å². The number of amides is 2. The second-order valence-corrected chi connectivity index (χ2v) is 4.85. The molecule has 23 heavy (non-hydrogen) atoms. The van der Waals surface area contributed by atoms with Crippen LogP contribution in [0.25, 0.3) is 0 Å². The molecule has 0 aromatic heterocycles. The molecule has 2 rings (SSSR count). The van der Waals surface area contributed by atoms with Crippen molar-refractivity contribution in [2.45, 2.75) is 13.1 Å². The number of urea groups is 1. The smallest absolute Gasteiger partial charge is 0.315 e. The molecule has 122 valence electrons. The third-order valence-corrected chi connectivity index (χ3v) is 3.27. The Morgan fingerprint density at radius 1 is 0.913 bits per heavy atom. The topological polar surface area (TPSA) is 59.6 Å². The van der Waals surface area contributed by atoms with Crippen LogP contribution in [0.15, 0.2) is 42.5 Å². The quantitative estimate of drug-likeness (QED) is 0.861. The van der Waals surface area contributed by atoms with Crippen molar-refractivity contribution >= 4 is 6.03 Å². The summed E-state index contributed by atoms with van der Waals surface area (Å²) in [5.74, 6) is 0.946. The van der Waals surface area contributed by atoms with E-state index in [4.69, 9.17) is 9.47 Å². The van der Waals surface area contributed by atoms with E-state index in [-0.39, 0.29) is 11.8 Å². The van der Waals surface area contributed by atoms with Gasteiger partial charge in [-0.25, -0.2) is 9.18 Å². The van der Waals surface area contributed by atoms with E-state index in [0.29, 0.717) is 24.6 Å². The standard InChI is InChI=1S/C17H19FN2O3/c1-22-15-8-5-13(9-16(15)23-2)11-20-17(21)19-10-12-3-6-14(18)7-4-12/h3-9H,10-11H2,1-2H3,(H2,19,20,21). The van der Waals surface area contributed by atoms with E-state index in [1.54, 1.807) is 38.5 Å². The third kappa shape index (κ3) is 4.88. The monoisotopic (exact) mass is 318 g/mol. The lowest BCUT2D eigenvalue weighted by Crippen LogP contribution is -2.34. The van der Waals surface area contributed by atoms with Gasteiger partial charge in [0.05, 0.1) is 14.2 Å². The first-order valence-corrected chi connectivity index (χ1v) is 7.09. The molecule has 0 aliphatic heterocycles. The van der Waals surface area contributed by atoms with Gasteiger partial charge in [-0.15, -0.1) is 0 Å². The van der Waals surface area contributed by atoms with Crippen molar-refractivity contribution in [1.29, 1.82) is 0 Å². The highest BCUT2D eigenvalue weighted by Crippen LogP contribution is 2.27. The van der Waals surface area contributed by atoms with Crippen LogP contribution in [0, 0.1) is 5.82 Å². The van der Waals surface area contributed by atoms with Gasteiger partial charge in [-0.1, -0.05) is 18.2 Å². The summed E-state index contributed by atoms with van der Waals surface area (Å²) in [4.78, 5) is 11.8. The lowest BCUT2D eigenvalue weighted by Gasteiger charge is -2.11. The molecule has 0 spiro atoms. The van der Waals surface area contributed by atoms with Gasteiger partial charge in [0, 0.05) is 13.1 Å². The Bertz CT molecular complexity index is 659. The van der Waals surface area contributed by atoms with Crippen LogP contribution in [0.3, 0.4) is 0 Å². The second-order valence-electron chi connectivity index (χ2n) is 4.85. The molecule has 0 aliphatic carbocycles. The number of nitrogens with one attached hydrogen (secondary N) is 2. The molecule has 0 atom stereocenters. The first-order chi connectivity index (χ1) is 11.1. The van der Waals surface area contributed by atoms with Gasteiger partial charge in [0.2, 0.25) is 0 Å². The van der Waals surface area contributed by atoms with Crippen LogP contribution in [0.2, 0.25) is 0 Å². The molecule has 5 nitrogen and oxygen atoms in total. The third-order valence-electron chi connectivity index (χ3n) is 3.27. The zero-order valence-corrected chi connectivity index (χ0v) is 13.1. The number of hydrogen-bond donors (Lipinski definition) is 2. The van der Waals surface area contributed by atoms with Gasteiger partial charge in [0.1, 0.15) is 5.82 Å². The number of methoxy groups -OCH3 is 2. The largest absolute Gasteiger partial charge is 0.493 e. The molecule has 2 aromatic carbocycles. The summed E-state index contributed by atoms with van der Waals surface area (Å²) in [6.45, 7) is 0.688. The Morgan fingerprint density at radius 3 is 2.09 bits per heavy atom. The average Bonchev–Trinajstić information content (AvgIpc) is 2.59. The number of hydrogen-bond acceptors (Lipinski definition) is 3. The summed E-state index contributed by atoms with van der Waals surface area (Å²) in [5, 5.41) is 5.46. The van der Waals surface area contributed by atoms with Gasteiger partial charge in [-0.2, -0.15) is 0 Å². The van der Waals surface area contributed by atoms with Crippen molar-refractivity contribution in [3.05, 3.63) is 59.4 Å². The molecule has 2 amide bonds. The minimum atomic E-state index is -0.302. The van der Waals surface area contributed by atoms with E-state index in [2.05, 4.69) is 10.6 Å². The summed E-state index contributed by atoms with van der Waals surface area (Å²) in [6.07, 6.45) is 0. The molecule has 0 saturated carbocycles. The summed E-state index contributed by atoms with van der Waals surface area (Å²) >= 11 is 0. The Labute approximate surface area is 134 Å². The van der Waals surface area contributed by atoms with Crippen LogP contribution < -0.4 is 20.1 Å². The summed E-state index contributed by atoms with van der Waals surface area (Å²) < 4.78 is 23.2. The van der Waals surface area contributed by atoms with Gasteiger partial charge in [0.25, 0.3) is 0 Å². The Morgan fingerprint density at radius 2 is 1.48 bits per heavy atom. The van der Waals surface area contributed by atoms with Gasteiger partial charge >= 0.3 is 6.03 Å². The number of benzene rings is 2. The molecule has 0 saturated heterocycles. The first-order valence-electron chi connectivity index (χ1n) is 7.09. The Balaban J connectivity index is 1.83. The molecular formula is C17H19FN2O3. The van der Waals surface area contributed by atoms with E-state index in [0.717, 1.165) is 11.1 Å². The number of rotatable bonds is 6. The van der Waals surface area contributed by atoms with E-state index in [1.807, 2.05) is 6.07 Å². The number of carbonyl (C=O) groups excluding carboxylic acids is 1. The normalized spacial score (nSPS) is 10.0. The maximum Gasteiger partial charge on any atom is 0.315 e. The van der Waals surface area contributed by atoms with Crippen molar-refractivity contribution in [1.82, 2.24) is 10.6 Å². The molecular weight excluding hydrogens is 299 g/mol. The Kier molecular flexibility index (Phi) is 5.80. The molecule has 0 fully saturated rings. The predicted molar refractivity (Wildman–Crippen MR) is 85.0 cm³/mol. The molecule has 0 radical (unpaired) electrons. The van der Waals surface area contributed by atoms with Crippen LogP contribution in [-0.4, -0.2) is 20.3 Å². The Hall–Kier alpha value is -2.76. The number of halogens is 1. The second kappa shape index (κ2) is 8.03. The SMILES string of the molecule is COc1ccc(CNC(=O)NCc2ccc(F)cc2)cc1OC. The van der Waals surface area contributed by atoms with Crippen LogP contribution in [-0.2, 0) is 13.1 Å². The summed E-state index contributed by atoms with van der Waals surface area (Å²) in [7, 11) is 3.13. The summed E-state index contributed by atoms with van der Waals surface area (Å²) in [5.41, 5.74) is 1.72. The minimum Gasteiger partial charge on any atom is -0.493 e. The lowest BCUT2D eigenvalue weighted by atomic mass is 10.2. The van der Waals surface area contributed by atoms with E-state index >= 15 is 0 Å². The van der Waals surface area contributed by atoms with E-state index in [9.17, 15) is 9.18 Å². The molecule has 0 bridgehead atoms. The van der Waals surface area contributed by atoms with Crippen molar-refractivity contribution in [3.63, 3.8) is 0 Å². The van der Waals surface area contributed by atoms with Crippen molar-refractivity contribution in [2.75, 3.05) is 14.2 Å². The van der Waals surface area contributed by atoms with Crippen LogP contribution >= 0.6 is 0 Å². The fourth-order valence-corrected chi connectivity index (χ4v) is 2.02. The van der Waals surface area contributed by atoms with E-state index < -0.39 is 0 Å². The van der Waals surface area contributed by atoms with Gasteiger partial charge < -0.3 is 20.1 Å². The van der Waals surface area contributed by atoms with Crippen molar-refractivity contribution in [2.24, 2.45) is 0 Å². The highest BCUT2D eigenvalue weighted by molar-refractivity contribution is 5.73. The molecule has 0 aliphatic rings. The highest BCUT2D eigenvalue weighted by atomic mass is 19.1. The zero-order chi connectivity index (χ0) is 16.7. The van der Waals surface area contributed by atoms with Crippen LogP contribution in [0.4, 0.5) is 9.18 Å². The predicted octanol–water partition coefficient (Wildman–Crippen LogP) is 2.84. The minimum absolute atomic E-state index is 0.299. The summed E-state index contributed by atoms with van der Waals surface area (Å²) in [6, 6.07) is 11.1. The maximum atomic E-state index is 12.8. The number of ether oxygens (including phenoxy) is 2. The van der Waals surface area contributed by atoms with Crippen LogP contribution in [0.1, 0.15) is 11.1 Å².